The first-order valence-electron chi connectivity index (χ1n) is 8.76. The predicted octanol–water partition coefficient (Wildman–Crippen LogP) is 3.83. The van der Waals surface area contributed by atoms with Crippen molar-refractivity contribution in [1.29, 1.82) is 0 Å². The Balaban J connectivity index is 1.95. The van der Waals surface area contributed by atoms with Gasteiger partial charge in [-0.15, -0.1) is 0 Å². The van der Waals surface area contributed by atoms with Gasteiger partial charge in [-0.3, -0.25) is 0 Å². The van der Waals surface area contributed by atoms with Crippen molar-refractivity contribution >= 4 is 6.29 Å². The van der Waals surface area contributed by atoms with Crippen molar-refractivity contribution in [3.63, 3.8) is 0 Å². The van der Waals surface area contributed by atoms with E-state index in [0.29, 0.717) is 13.2 Å². The Labute approximate surface area is 145 Å². The second-order valence-corrected chi connectivity index (χ2v) is 7.40. The molecule has 0 spiro atoms. The molecular formula is C20H30O4. The first-order chi connectivity index (χ1) is 11.3. The Bertz CT molecular complexity index is 514. The molecule has 2 rings (SSSR count). The van der Waals surface area contributed by atoms with E-state index >= 15 is 0 Å². The molecule has 4 heteroatoms. The average molecular weight is 334 g/mol. The molecule has 0 radical (unpaired) electrons. The summed E-state index contributed by atoms with van der Waals surface area (Å²) in [5.41, 5.74) is 1.17. The van der Waals surface area contributed by atoms with E-state index in [1.54, 1.807) is 0 Å². The first-order valence-corrected chi connectivity index (χ1v) is 8.76. The quantitative estimate of drug-likeness (QED) is 0.711. The average Bonchev–Trinajstić information content (AvgIpc) is 2.56. The van der Waals surface area contributed by atoms with Crippen molar-refractivity contribution in [2.24, 2.45) is 17.8 Å². The molecule has 0 bridgehead atoms. The zero-order valence-corrected chi connectivity index (χ0v) is 15.4. The van der Waals surface area contributed by atoms with Crippen molar-refractivity contribution < 1.29 is 19.0 Å². The molecule has 4 nitrogen and oxygen atoms in total. The lowest BCUT2D eigenvalue weighted by Gasteiger charge is -2.48. The van der Waals surface area contributed by atoms with E-state index in [-0.39, 0.29) is 30.0 Å². The number of hydrogen-bond donors (Lipinski definition) is 0. The molecular weight excluding hydrogens is 304 g/mol. The van der Waals surface area contributed by atoms with Crippen molar-refractivity contribution in [1.82, 2.24) is 0 Å². The number of benzene rings is 1. The summed E-state index contributed by atoms with van der Waals surface area (Å²) in [4.78, 5) is 11.2. The summed E-state index contributed by atoms with van der Waals surface area (Å²) in [5, 5.41) is 0. The molecule has 0 aromatic heterocycles. The van der Waals surface area contributed by atoms with Gasteiger partial charge in [-0.05, 0) is 19.4 Å². The van der Waals surface area contributed by atoms with Gasteiger partial charge in [-0.1, -0.05) is 51.1 Å². The molecule has 1 aromatic carbocycles. The topological polar surface area (TPSA) is 44.8 Å². The third-order valence-corrected chi connectivity index (χ3v) is 4.66. The second kappa shape index (κ2) is 8.24. The summed E-state index contributed by atoms with van der Waals surface area (Å²) in [7, 11) is 0. The van der Waals surface area contributed by atoms with Crippen molar-refractivity contribution in [3.8, 4) is 0 Å². The molecule has 1 aromatic rings. The molecule has 1 heterocycles. The predicted molar refractivity (Wildman–Crippen MR) is 93.5 cm³/mol. The van der Waals surface area contributed by atoms with Crippen LogP contribution in [-0.2, 0) is 25.6 Å². The minimum atomic E-state index is -0.688. The summed E-state index contributed by atoms with van der Waals surface area (Å²) in [6.07, 6.45) is 0.834. The van der Waals surface area contributed by atoms with E-state index in [4.69, 9.17) is 14.2 Å². The molecule has 1 fully saturated rings. The van der Waals surface area contributed by atoms with Gasteiger partial charge in [0, 0.05) is 17.8 Å². The van der Waals surface area contributed by atoms with E-state index < -0.39 is 5.79 Å². The van der Waals surface area contributed by atoms with Crippen molar-refractivity contribution in [3.05, 3.63) is 35.9 Å². The fraction of sp³-hybridized carbons (Fsp3) is 0.650. The minimum Gasteiger partial charge on any atom is -0.376 e. The third-order valence-electron chi connectivity index (χ3n) is 4.66. The van der Waals surface area contributed by atoms with E-state index in [0.717, 1.165) is 6.29 Å². The monoisotopic (exact) mass is 334 g/mol. The Morgan fingerprint density at radius 2 is 1.79 bits per heavy atom. The highest BCUT2D eigenvalue weighted by Gasteiger charge is 2.44. The van der Waals surface area contributed by atoms with E-state index in [1.165, 1.54) is 5.56 Å². The van der Waals surface area contributed by atoms with Gasteiger partial charge in [0.2, 0.25) is 0 Å². The molecule has 0 aliphatic carbocycles. The summed E-state index contributed by atoms with van der Waals surface area (Å²) in [6.45, 7) is 11.2. The van der Waals surface area contributed by atoms with Gasteiger partial charge in [-0.2, -0.15) is 0 Å². The van der Waals surface area contributed by atoms with Gasteiger partial charge < -0.3 is 19.0 Å². The molecule has 0 N–H and O–H groups in total. The van der Waals surface area contributed by atoms with Crippen molar-refractivity contribution in [2.75, 3.05) is 6.61 Å². The normalized spacial score (nSPS) is 29.0. The van der Waals surface area contributed by atoms with Crippen LogP contribution < -0.4 is 0 Å². The van der Waals surface area contributed by atoms with E-state index in [1.807, 2.05) is 39.0 Å². The lowest BCUT2D eigenvalue weighted by molar-refractivity contribution is -0.333. The Kier molecular flexibility index (Phi) is 6.55. The van der Waals surface area contributed by atoms with Crippen LogP contribution >= 0.6 is 0 Å². The van der Waals surface area contributed by atoms with Gasteiger partial charge in [0.15, 0.2) is 5.79 Å². The number of rotatable bonds is 7. The number of carbonyl (C=O) groups excluding carboxylic acids is 1. The van der Waals surface area contributed by atoms with Crippen LogP contribution in [0, 0.1) is 17.8 Å². The van der Waals surface area contributed by atoms with Gasteiger partial charge in [0.05, 0.1) is 25.4 Å². The Morgan fingerprint density at radius 3 is 2.42 bits per heavy atom. The Hall–Kier alpha value is -1.23. The number of hydrogen-bond acceptors (Lipinski definition) is 4. The summed E-state index contributed by atoms with van der Waals surface area (Å²) in [5.74, 6) is -0.489. The SMILES string of the molecule is C[C@@H]1[C@@H]([C@H](C)C=O)OC(C)(C)O[C@@H]1[C@H](C)COCc1ccccc1. The lowest BCUT2D eigenvalue weighted by Crippen LogP contribution is -2.54. The molecule has 1 aliphatic rings. The number of aldehydes is 1. The zero-order valence-electron chi connectivity index (χ0n) is 15.4. The van der Waals surface area contributed by atoms with Crippen LogP contribution in [0.1, 0.15) is 40.2 Å². The molecule has 24 heavy (non-hydrogen) atoms. The number of ether oxygens (including phenoxy) is 3. The molecule has 1 aliphatic heterocycles. The smallest absolute Gasteiger partial charge is 0.163 e. The summed E-state index contributed by atoms with van der Waals surface area (Å²) >= 11 is 0. The van der Waals surface area contributed by atoms with Gasteiger partial charge in [0.1, 0.15) is 6.29 Å². The molecule has 0 unspecified atom stereocenters. The molecule has 0 amide bonds. The Morgan fingerprint density at radius 1 is 1.17 bits per heavy atom. The van der Waals surface area contributed by atoms with Gasteiger partial charge >= 0.3 is 0 Å². The summed E-state index contributed by atoms with van der Waals surface area (Å²) < 4.78 is 18.0. The standard InChI is InChI=1S/C20H30O4/c1-14(11-21)18-16(3)19(24-20(4,5)23-18)15(2)12-22-13-17-9-7-6-8-10-17/h6-11,14-16,18-19H,12-13H2,1-5H3/t14-,15-,16-,18-,19-/m1/s1. The molecule has 1 saturated heterocycles. The molecule has 0 saturated carbocycles. The summed E-state index contributed by atoms with van der Waals surface area (Å²) in [6, 6.07) is 10.1. The van der Waals surface area contributed by atoms with Crippen LogP contribution in [0.2, 0.25) is 0 Å². The van der Waals surface area contributed by atoms with Gasteiger partial charge in [-0.25, -0.2) is 0 Å². The second-order valence-electron chi connectivity index (χ2n) is 7.40. The van der Waals surface area contributed by atoms with Crippen LogP contribution in [0.5, 0.6) is 0 Å². The maximum atomic E-state index is 11.2. The van der Waals surface area contributed by atoms with E-state index in [2.05, 4.69) is 26.0 Å². The van der Waals surface area contributed by atoms with Crippen LogP contribution in [-0.4, -0.2) is 30.9 Å². The highest BCUT2D eigenvalue weighted by atomic mass is 16.7. The van der Waals surface area contributed by atoms with Gasteiger partial charge in [0.25, 0.3) is 0 Å². The fourth-order valence-corrected chi connectivity index (χ4v) is 3.41. The van der Waals surface area contributed by atoms with E-state index in [9.17, 15) is 4.79 Å². The maximum Gasteiger partial charge on any atom is 0.163 e. The highest BCUT2D eigenvalue weighted by molar-refractivity contribution is 5.54. The lowest BCUT2D eigenvalue weighted by atomic mass is 9.83. The van der Waals surface area contributed by atoms with Crippen LogP contribution in [0.4, 0.5) is 0 Å². The maximum absolute atomic E-state index is 11.2. The van der Waals surface area contributed by atoms with Crippen LogP contribution in [0.15, 0.2) is 30.3 Å². The largest absolute Gasteiger partial charge is 0.376 e. The fourth-order valence-electron chi connectivity index (χ4n) is 3.41. The van der Waals surface area contributed by atoms with Crippen molar-refractivity contribution in [2.45, 2.75) is 59.2 Å². The minimum absolute atomic E-state index is 0.00285. The molecule has 5 atom stereocenters. The highest BCUT2D eigenvalue weighted by Crippen LogP contribution is 2.37. The first kappa shape index (κ1) is 19.1. The zero-order chi connectivity index (χ0) is 17.7. The van der Waals surface area contributed by atoms with Crippen LogP contribution in [0.25, 0.3) is 0 Å². The van der Waals surface area contributed by atoms with Crippen LogP contribution in [0.3, 0.4) is 0 Å². The number of carbonyl (C=O) groups is 1. The third kappa shape index (κ3) is 4.88. The molecule has 134 valence electrons.